The van der Waals surface area contributed by atoms with Crippen molar-refractivity contribution < 1.29 is 28.5 Å². The first-order chi connectivity index (χ1) is 16.0. The van der Waals surface area contributed by atoms with Gasteiger partial charge >= 0.3 is 5.97 Å². The quantitative estimate of drug-likeness (QED) is 0.667. The third kappa shape index (κ3) is 4.18. The largest absolute Gasteiger partial charge is 0.497 e. The Morgan fingerprint density at radius 2 is 1.85 bits per heavy atom. The molecular weight excluding hydrogens is 422 g/mol. The molecule has 0 saturated carbocycles. The van der Waals surface area contributed by atoms with E-state index in [9.17, 15) is 9.59 Å². The monoisotopic (exact) mass is 449 g/mol. The maximum Gasteiger partial charge on any atom is 0.340 e. The third-order valence-corrected chi connectivity index (χ3v) is 6.06. The summed E-state index contributed by atoms with van der Waals surface area (Å²) >= 11 is 0. The van der Waals surface area contributed by atoms with Crippen LogP contribution in [-0.2, 0) is 19.1 Å². The molecule has 4 rings (SSSR count). The van der Waals surface area contributed by atoms with Crippen molar-refractivity contribution in [1.29, 1.82) is 0 Å². The van der Waals surface area contributed by atoms with Gasteiger partial charge in [0.15, 0.2) is 5.78 Å². The van der Waals surface area contributed by atoms with E-state index in [2.05, 4.69) is 0 Å². The van der Waals surface area contributed by atoms with Crippen LogP contribution in [0.2, 0.25) is 0 Å². The predicted molar refractivity (Wildman–Crippen MR) is 122 cm³/mol. The standard InChI is InChI=1S/C26H27NO6/c1-4-32-26(29)24-22(18-11-10-17(30-2)14-20(18)31-3)23-19(28)12-16(13-21(23)33-25(24)27)15-8-6-5-7-9-15/h5-11,14,16,22H,4,12-13,27H2,1-3H3. The molecule has 0 bridgehead atoms. The molecule has 7 nitrogen and oxygen atoms in total. The number of hydrogen-bond donors (Lipinski definition) is 1. The van der Waals surface area contributed by atoms with E-state index in [1.807, 2.05) is 30.3 Å². The smallest absolute Gasteiger partial charge is 0.340 e. The number of ether oxygens (including phenoxy) is 4. The topological polar surface area (TPSA) is 97.1 Å². The van der Waals surface area contributed by atoms with Crippen LogP contribution in [0, 0.1) is 0 Å². The Labute approximate surface area is 192 Å². The maximum atomic E-state index is 13.5. The van der Waals surface area contributed by atoms with E-state index in [0.717, 1.165) is 5.56 Å². The molecule has 0 radical (unpaired) electrons. The number of nitrogens with two attached hydrogens (primary N) is 1. The first-order valence-corrected chi connectivity index (χ1v) is 10.9. The van der Waals surface area contributed by atoms with E-state index in [1.54, 1.807) is 32.2 Å². The fraction of sp³-hybridized carbons (Fsp3) is 0.308. The van der Waals surface area contributed by atoms with Crippen LogP contribution in [0.25, 0.3) is 0 Å². The van der Waals surface area contributed by atoms with Crippen LogP contribution in [-0.4, -0.2) is 32.6 Å². The van der Waals surface area contributed by atoms with E-state index < -0.39 is 11.9 Å². The number of ketones is 1. The van der Waals surface area contributed by atoms with Crippen LogP contribution < -0.4 is 15.2 Å². The molecule has 0 aromatic heterocycles. The van der Waals surface area contributed by atoms with E-state index in [-0.39, 0.29) is 29.8 Å². The van der Waals surface area contributed by atoms with E-state index >= 15 is 0 Å². The normalized spacial score (nSPS) is 20.2. The molecule has 2 aliphatic rings. The zero-order valence-electron chi connectivity index (χ0n) is 18.9. The molecular formula is C26H27NO6. The zero-order chi connectivity index (χ0) is 23.5. The molecule has 2 N–H and O–H groups in total. The molecule has 0 fully saturated rings. The van der Waals surface area contributed by atoms with Crippen LogP contribution in [0.5, 0.6) is 11.5 Å². The van der Waals surface area contributed by atoms with Gasteiger partial charge in [-0.05, 0) is 24.5 Å². The summed E-state index contributed by atoms with van der Waals surface area (Å²) in [6.07, 6.45) is 0.800. The van der Waals surface area contributed by atoms with Crippen molar-refractivity contribution in [3.63, 3.8) is 0 Å². The second-order valence-electron chi connectivity index (χ2n) is 7.92. The molecule has 2 unspecified atom stereocenters. The maximum absolute atomic E-state index is 13.5. The average molecular weight is 450 g/mol. The van der Waals surface area contributed by atoms with Crippen LogP contribution >= 0.6 is 0 Å². The lowest BCUT2D eigenvalue weighted by atomic mass is 9.73. The molecule has 1 heterocycles. The summed E-state index contributed by atoms with van der Waals surface area (Å²) in [6, 6.07) is 15.1. The molecule has 2 aromatic rings. The number of methoxy groups -OCH3 is 2. The second kappa shape index (κ2) is 9.40. The Balaban J connectivity index is 1.85. The Morgan fingerprint density at radius 3 is 2.52 bits per heavy atom. The Kier molecular flexibility index (Phi) is 6.40. The van der Waals surface area contributed by atoms with Crippen LogP contribution in [0.1, 0.15) is 42.7 Å². The summed E-state index contributed by atoms with van der Waals surface area (Å²) in [5, 5.41) is 0. The summed E-state index contributed by atoms with van der Waals surface area (Å²) in [7, 11) is 3.08. The molecule has 2 atom stereocenters. The molecule has 1 aliphatic heterocycles. The van der Waals surface area contributed by atoms with Crippen molar-refractivity contribution in [1.82, 2.24) is 0 Å². The van der Waals surface area contributed by atoms with E-state index in [1.165, 1.54) is 7.11 Å². The molecule has 0 amide bonds. The van der Waals surface area contributed by atoms with Crippen molar-refractivity contribution >= 4 is 11.8 Å². The lowest BCUT2D eigenvalue weighted by Crippen LogP contribution is -2.33. The Bertz CT molecular complexity index is 1130. The minimum Gasteiger partial charge on any atom is -0.497 e. The van der Waals surface area contributed by atoms with Gasteiger partial charge < -0.3 is 24.7 Å². The highest BCUT2D eigenvalue weighted by Crippen LogP contribution is 2.49. The minimum absolute atomic E-state index is 0.0344. The highest BCUT2D eigenvalue weighted by atomic mass is 16.5. The first kappa shape index (κ1) is 22.5. The number of carbonyl (C=O) groups excluding carboxylic acids is 2. The van der Waals surface area contributed by atoms with Gasteiger partial charge in [0.05, 0.1) is 26.7 Å². The molecule has 1 aliphatic carbocycles. The predicted octanol–water partition coefficient (Wildman–Crippen LogP) is 3.95. The first-order valence-electron chi connectivity index (χ1n) is 10.9. The molecule has 0 spiro atoms. The van der Waals surface area contributed by atoms with Gasteiger partial charge in [-0.1, -0.05) is 36.4 Å². The van der Waals surface area contributed by atoms with Gasteiger partial charge in [0.2, 0.25) is 5.88 Å². The van der Waals surface area contributed by atoms with Crippen LogP contribution in [0.3, 0.4) is 0 Å². The zero-order valence-corrected chi connectivity index (χ0v) is 18.9. The number of Topliss-reactive ketones (excluding diaryl/α,β-unsaturated/α-hetero) is 1. The van der Waals surface area contributed by atoms with Gasteiger partial charge in [-0.25, -0.2) is 4.79 Å². The summed E-state index contributed by atoms with van der Waals surface area (Å²) in [4.78, 5) is 26.5. The van der Waals surface area contributed by atoms with Crippen LogP contribution in [0.4, 0.5) is 0 Å². The molecule has 7 heteroatoms. The fourth-order valence-electron chi connectivity index (χ4n) is 4.54. The minimum atomic E-state index is -0.766. The summed E-state index contributed by atoms with van der Waals surface area (Å²) in [6.45, 7) is 1.88. The van der Waals surface area contributed by atoms with Crippen LogP contribution in [0.15, 0.2) is 71.3 Å². The van der Waals surface area contributed by atoms with E-state index in [4.69, 9.17) is 24.7 Å². The highest BCUT2D eigenvalue weighted by Gasteiger charge is 2.44. The second-order valence-corrected chi connectivity index (χ2v) is 7.92. The van der Waals surface area contributed by atoms with Gasteiger partial charge in [-0.3, -0.25) is 4.79 Å². The van der Waals surface area contributed by atoms with Crippen molar-refractivity contribution in [3.8, 4) is 11.5 Å². The summed E-state index contributed by atoms with van der Waals surface area (Å²) in [5.74, 6) is -0.0354. The van der Waals surface area contributed by atoms with Crippen molar-refractivity contribution in [2.24, 2.45) is 5.73 Å². The fourth-order valence-corrected chi connectivity index (χ4v) is 4.54. The molecule has 0 saturated heterocycles. The summed E-state index contributed by atoms with van der Waals surface area (Å²) in [5.41, 5.74) is 8.46. The van der Waals surface area contributed by atoms with Crippen molar-refractivity contribution in [3.05, 3.63) is 82.4 Å². The van der Waals surface area contributed by atoms with Gasteiger partial charge in [0, 0.05) is 30.0 Å². The lowest BCUT2D eigenvalue weighted by Gasteiger charge is -2.35. The molecule has 172 valence electrons. The number of rotatable bonds is 6. The Hall–Kier alpha value is -3.74. The number of esters is 1. The summed E-state index contributed by atoms with van der Waals surface area (Å²) < 4.78 is 22.1. The van der Waals surface area contributed by atoms with Crippen molar-refractivity contribution in [2.45, 2.75) is 31.6 Å². The highest BCUT2D eigenvalue weighted by molar-refractivity contribution is 6.04. The van der Waals surface area contributed by atoms with Gasteiger partial charge in [-0.15, -0.1) is 0 Å². The average Bonchev–Trinajstić information content (AvgIpc) is 2.83. The van der Waals surface area contributed by atoms with Gasteiger partial charge in [0.1, 0.15) is 22.8 Å². The Morgan fingerprint density at radius 1 is 1.09 bits per heavy atom. The number of carbonyl (C=O) groups is 2. The lowest BCUT2D eigenvalue weighted by molar-refractivity contribution is -0.139. The number of benzene rings is 2. The van der Waals surface area contributed by atoms with Crippen molar-refractivity contribution in [2.75, 3.05) is 20.8 Å². The van der Waals surface area contributed by atoms with E-state index in [0.29, 0.717) is 41.2 Å². The SMILES string of the molecule is CCOC(=O)C1=C(N)OC2=C(C(=O)CC(c3ccccc3)C2)C1c1ccc(OC)cc1OC. The number of allylic oxidation sites excluding steroid dienone is 2. The molecule has 33 heavy (non-hydrogen) atoms. The molecule has 2 aromatic carbocycles. The number of hydrogen-bond acceptors (Lipinski definition) is 7. The van der Waals surface area contributed by atoms with Gasteiger partial charge in [0.25, 0.3) is 0 Å². The third-order valence-electron chi connectivity index (χ3n) is 6.06. The van der Waals surface area contributed by atoms with Gasteiger partial charge in [-0.2, -0.15) is 0 Å².